The minimum absolute atomic E-state index is 0.0942. The summed E-state index contributed by atoms with van der Waals surface area (Å²) in [6.07, 6.45) is 4.32. The second-order valence-electron chi connectivity index (χ2n) is 6.57. The Kier molecular flexibility index (Phi) is 5.08. The van der Waals surface area contributed by atoms with Crippen molar-refractivity contribution in [2.75, 3.05) is 13.1 Å². The number of piperidine rings is 1. The Morgan fingerprint density at radius 1 is 1.17 bits per heavy atom. The lowest BCUT2D eigenvalue weighted by Crippen LogP contribution is -2.39. The molecule has 1 aliphatic rings. The van der Waals surface area contributed by atoms with Crippen LogP contribution < -0.4 is 5.56 Å². The zero-order valence-electron chi connectivity index (χ0n) is 14.0. The van der Waals surface area contributed by atoms with Gasteiger partial charge in [-0.3, -0.25) is 9.59 Å². The predicted molar refractivity (Wildman–Crippen MR) is 93.0 cm³/mol. The van der Waals surface area contributed by atoms with E-state index >= 15 is 0 Å². The van der Waals surface area contributed by atoms with Gasteiger partial charge < -0.3 is 4.90 Å². The van der Waals surface area contributed by atoms with Crippen LogP contribution in [0.1, 0.15) is 40.9 Å². The number of carbonyl (C=O) groups excluding carboxylic acids is 1. The van der Waals surface area contributed by atoms with Crippen molar-refractivity contribution >= 4 is 5.91 Å². The number of hydrogen-bond donors (Lipinski definition) is 1. The maximum atomic E-state index is 12.4. The summed E-state index contributed by atoms with van der Waals surface area (Å²) in [5.41, 5.74) is 2.70. The molecule has 5 heteroatoms. The number of aromatic nitrogens is 2. The SMILES string of the molecule is Cc1ccc(CCC2CCN(C(=O)c3ccc(=O)[nH]n3)CC2)cc1. The van der Waals surface area contributed by atoms with Crippen molar-refractivity contribution < 1.29 is 4.79 Å². The summed E-state index contributed by atoms with van der Waals surface area (Å²) in [4.78, 5) is 25.2. The molecule has 1 amide bonds. The second kappa shape index (κ2) is 7.43. The van der Waals surface area contributed by atoms with Crippen LogP contribution in [0.25, 0.3) is 0 Å². The molecule has 24 heavy (non-hydrogen) atoms. The average molecular weight is 325 g/mol. The summed E-state index contributed by atoms with van der Waals surface area (Å²) in [7, 11) is 0. The molecular weight excluding hydrogens is 302 g/mol. The molecule has 1 aromatic carbocycles. The number of amides is 1. The molecule has 0 aliphatic carbocycles. The zero-order chi connectivity index (χ0) is 16.9. The molecule has 126 valence electrons. The fraction of sp³-hybridized carbons (Fsp3) is 0.421. The van der Waals surface area contributed by atoms with Gasteiger partial charge in [-0.15, -0.1) is 0 Å². The van der Waals surface area contributed by atoms with Crippen LogP contribution in [-0.2, 0) is 6.42 Å². The van der Waals surface area contributed by atoms with Crippen molar-refractivity contribution in [3.05, 3.63) is 63.6 Å². The van der Waals surface area contributed by atoms with Gasteiger partial charge in [0.05, 0.1) is 0 Å². The summed E-state index contributed by atoms with van der Waals surface area (Å²) in [6.45, 7) is 3.63. The fourth-order valence-electron chi connectivity index (χ4n) is 3.18. The van der Waals surface area contributed by atoms with Gasteiger partial charge in [0.15, 0.2) is 0 Å². The molecular formula is C19H23N3O2. The van der Waals surface area contributed by atoms with Crippen LogP contribution in [0, 0.1) is 12.8 Å². The van der Waals surface area contributed by atoms with E-state index in [0.29, 0.717) is 11.6 Å². The van der Waals surface area contributed by atoms with Crippen molar-refractivity contribution in [2.45, 2.75) is 32.6 Å². The highest BCUT2D eigenvalue weighted by molar-refractivity contribution is 5.92. The van der Waals surface area contributed by atoms with Gasteiger partial charge in [-0.1, -0.05) is 29.8 Å². The smallest absolute Gasteiger partial charge is 0.274 e. The first-order valence-electron chi connectivity index (χ1n) is 8.52. The maximum Gasteiger partial charge on any atom is 0.274 e. The van der Waals surface area contributed by atoms with Gasteiger partial charge >= 0.3 is 0 Å². The molecule has 2 aromatic rings. The van der Waals surface area contributed by atoms with E-state index in [-0.39, 0.29) is 11.5 Å². The average Bonchev–Trinajstić information content (AvgIpc) is 2.62. The Hall–Kier alpha value is -2.43. The highest BCUT2D eigenvalue weighted by Gasteiger charge is 2.24. The van der Waals surface area contributed by atoms with Crippen LogP contribution in [0.15, 0.2) is 41.2 Å². The lowest BCUT2D eigenvalue weighted by molar-refractivity contribution is 0.0679. The number of nitrogens with zero attached hydrogens (tertiary/aromatic N) is 2. The van der Waals surface area contributed by atoms with E-state index in [0.717, 1.165) is 32.4 Å². The number of nitrogens with one attached hydrogen (secondary N) is 1. The molecule has 0 unspecified atom stereocenters. The van der Waals surface area contributed by atoms with Gasteiger partial charge in [-0.2, -0.15) is 5.10 Å². The first-order chi connectivity index (χ1) is 11.6. The molecule has 0 atom stereocenters. The third kappa shape index (κ3) is 4.10. The fourth-order valence-corrected chi connectivity index (χ4v) is 3.18. The third-order valence-electron chi connectivity index (χ3n) is 4.76. The quantitative estimate of drug-likeness (QED) is 0.939. The summed E-state index contributed by atoms with van der Waals surface area (Å²) >= 11 is 0. The van der Waals surface area contributed by atoms with Crippen molar-refractivity contribution in [1.29, 1.82) is 0 Å². The molecule has 1 fully saturated rings. The van der Waals surface area contributed by atoms with Crippen molar-refractivity contribution in [1.82, 2.24) is 15.1 Å². The Morgan fingerprint density at radius 3 is 2.50 bits per heavy atom. The van der Waals surface area contributed by atoms with Crippen molar-refractivity contribution in [3.63, 3.8) is 0 Å². The minimum atomic E-state index is -0.290. The molecule has 1 saturated heterocycles. The number of hydrogen-bond acceptors (Lipinski definition) is 3. The Morgan fingerprint density at radius 2 is 1.88 bits per heavy atom. The molecule has 0 saturated carbocycles. The number of benzene rings is 1. The lowest BCUT2D eigenvalue weighted by Gasteiger charge is -2.31. The van der Waals surface area contributed by atoms with Gasteiger partial charge in [0, 0.05) is 19.2 Å². The van der Waals surface area contributed by atoms with E-state index in [1.807, 2.05) is 4.90 Å². The van der Waals surface area contributed by atoms with E-state index < -0.39 is 0 Å². The number of carbonyl (C=O) groups is 1. The molecule has 1 N–H and O–H groups in total. The van der Waals surface area contributed by atoms with Crippen LogP contribution in [0.2, 0.25) is 0 Å². The molecule has 0 bridgehead atoms. The van der Waals surface area contributed by atoms with Crippen molar-refractivity contribution in [3.8, 4) is 0 Å². The molecule has 2 heterocycles. The van der Waals surface area contributed by atoms with Gasteiger partial charge in [0.25, 0.3) is 11.5 Å². The van der Waals surface area contributed by atoms with Crippen LogP contribution in [0.4, 0.5) is 0 Å². The van der Waals surface area contributed by atoms with Gasteiger partial charge in [-0.25, -0.2) is 5.10 Å². The van der Waals surface area contributed by atoms with Gasteiger partial charge in [-0.05, 0) is 50.2 Å². The summed E-state index contributed by atoms with van der Waals surface area (Å²) in [5.74, 6) is 0.571. The first-order valence-corrected chi connectivity index (χ1v) is 8.52. The number of aryl methyl sites for hydroxylation is 2. The Bertz CT molecular complexity index is 723. The monoisotopic (exact) mass is 325 g/mol. The van der Waals surface area contributed by atoms with Crippen LogP contribution in [0.5, 0.6) is 0 Å². The van der Waals surface area contributed by atoms with Crippen LogP contribution in [-0.4, -0.2) is 34.1 Å². The summed E-state index contributed by atoms with van der Waals surface area (Å²) in [5, 5.41) is 6.14. The third-order valence-corrected chi connectivity index (χ3v) is 4.76. The lowest BCUT2D eigenvalue weighted by atomic mass is 9.90. The Balaban J connectivity index is 1.48. The number of H-pyrrole nitrogens is 1. The minimum Gasteiger partial charge on any atom is -0.337 e. The first kappa shape index (κ1) is 16.4. The molecule has 1 aliphatic heterocycles. The summed E-state index contributed by atoms with van der Waals surface area (Å²) < 4.78 is 0. The molecule has 5 nitrogen and oxygen atoms in total. The molecule has 0 spiro atoms. The highest BCUT2D eigenvalue weighted by atomic mass is 16.2. The molecule has 1 aromatic heterocycles. The van der Waals surface area contributed by atoms with E-state index in [1.54, 1.807) is 0 Å². The van der Waals surface area contributed by atoms with E-state index in [1.165, 1.54) is 29.7 Å². The van der Waals surface area contributed by atoms with Gasteiger partial charge in [0.1, 0.15) is 5.69 Å². The van der Waals surface area contributed by atoms with E-state index in [2.05, 4.69) is 41.4 Å². The standard InChI is InChI=1S/C19H23N3O2/c1-14-2-4-15(5-3-14)6-7-16-10-12-22(13-11-16)19(24)17-8-9-18(23)21-20-17/h2-5,8-9,16H,6-7,10-13H2,1H3,(H,21,23). The number of rotatable bonds is 4. The topological polar surface area (TPSA) is 66.1 Å². The largest absolute Gasteiger partial charge is 0.337 e. The highest BCUT2D eigenvalue weighted by Crippen LogP contribution is 2.23. The van der Waals surface area contributed by atoms with Gasteiger partial charge in [0.2, 0.25) is 0 Å². The summed E-state index contributed by atoms with van der Waals surface area (Å²) in [6, 6.07) is 11.6. The van der Waals surface area contributed by atoms with Crippen molar-refractivity contribution in [2.24, 2.45) is 5.92 Å². The number of aromatic amines is 1. The predicted octanol–water partition coefficient (Wildman–Crippen LogP) is 2.56. The van der Waals surface area contributed by atoms with Crippen LogP contribution >= 0.6 is 0 Å². The molecule has 3 rings (SSSR count). The van der Waals surface area contributed by atoms with E-state index in [4.69, 9.17) is 0 Å². The van der Waals surface area contributed by atoms with Crippen LogP contribution in [0.3, 0.4) is 0 Å². The Labute approximate surface area is 141 Å². The number of likely N-dealkylation sites (tertiary alicyclic amines) is 1. The van der Waals surface area contributed by atoms with E-state index in [9.17, 15) is 9.59 Å². The normalized spacial score (nSPS) is 15.5. The second-order valence-corrected chi connectivity index (χ2v) is 6.57. The maximum absolute atomic E-state index is 12.4. The zero-order valence-corrected chi connectivity index (χ0v) is 14.0. The molecule has 0 radical (unpaired) electrons.